The van der Waals surface area contributed by atoms with Gasteiger partial charge in [0.25, 0.3) is 0 Å². The van der Waals surface area contributed by atoms with Gasteiger partial charge >= 0.3 is 0 Å². The Balaban J connectivity index is 1.88. The summed E-state index contributed by atoms with van der Waals surface area (Å²) in [5.41, 5.74) is 8.98. The molecule has 0 bridgehead atoms. The number of benzene rings is 2. The molecule has 0 aliphatic carbocycles. The highest BCUT2D eigenvalue weighted by atomic mass is 16.1. The van der Waals surface area contributed by atoms with Gasteiger partial charge in [-0.3, -0.25) is 4.79 Å². The van der Waals surface area contributed by atoms with Crippen molar-refractivity contribution < 1.29 is 4.79 Å². The minimum atomic E-state index is -0.0301. The van der Waals surface area contributed by atoms with E-state index in [1.807, 2.05) is 36.5 Å². The number of aromatic nitrogens is 1. The Morgan fingerprint density at radius 3 is 2.65 bits per heavy atom. The van der Waals surface area contributed by atoms with E-state index in [0.29, 0.717) is 11.3 Å². The van der Waals surface area contributed by atoms with Gasteiger partial charge in [0.15, 0.2) is 5.78 Å². The molecule has 0 aliphatic heterocycles. The topological polar surface area (TPSA) is 58.9 Å². The highest BCUT2D eigenvalue weighted by Gasteiger charge is 2.02. The highest BCUT2D eigenvalue weighted by Crippen LogP contribution is 2.19. The van der Waals surface area contributed by atoms with Crippen LogP contribution in [0.3, 0.4) is 0 Å². The molecule has 3 rings (SSSR count). The lowest BCUT2D eigenvalue weighted by Crippen LogP contribution is -1.94. The van der Waals surface area contributed by atoms with Crippen LogP contribution in [0.2, 0.25) is 0 Å². The minimum absolute atomic E-state index is 0.0301. The van der Waals surface area contributed by atoms with Crippen molar-refractivity contribution in [3.8, 4) is 0 Å². The lowest BCUT2D eigenvalue weighted by molar-refractivity contribution is 0.104. The van der Waals surface area contributed by atoms with Crippen LogP contribution in [-0.4, -0.2) is 10.8 Å². The molecule has 3 nitrogen and oxygen atoms in total. The molecule has 0 unspecified atom stereocenters. The number of anilines is 1. The molecule has 0 saturated carbocycles. The average Bonchev–Trinajstić information content (AvgIpc) is 2.94. The first kappa shape index (κ1) is 12.2. The van der Waals surface area contributed by atoms with Crippen LogP contribution in [0.5, 0.6) is 0 Å². The Morgan fingerprint density at radius 2 is 1.85 bits per heavy atom. The van der Waals surface area contributed by atoms with Crippen LogP contribution in [0.25, 0.3) is 17.0 Å². The highest BCUT2D eigenvalue weighted by molar-refractivity contribution is 6.07. The lowest BCUT2D eigenvalue weighted by Gasteiger charge is -1.98. The van der Waals surface area contributed by atoms with Gasteiger partial charge in [-0.05, 0) is 48.0 Å². The largest absolute Gasteiger partial charge is 0.399 e. The van der Waals surface area contributed by atoms with Crippen molar-refractivity contribution in [3.63, 3.8) is 0 Å². The maximum Gasteiger partial charge on any atom is 0.185 e. The average molecular weight is 262 g/mol. The maximum atomic E-state index is 12.1. The van der Waals surface area contributed by atoms with Gasteiger partial charge in [0.1, 0.15) is 0 Å². The van der Waals surface area contributed by atoms with Crippen molar-refractivity contribution >= 4 is 28.4 Å². The summed E-state index contributed by atoms with van der Waals surface area (Å²) in [6, 6.07) is 14.9. The number of fused-ring (bicyclic) bond motifs is 1. The second-order valence-corrected chi connectivity index (χ2v) is 4.61. The van der Waals surface area contributed by atoms with Gasteiger partial charge in [-0.25, -0.2) is 0 Å². The maximum absolute atomic E-state index is 12.1. The summed E-state index contributed by atoms with van der Waals surface area (Å²) < 4.78 is 0. The van der Waals surface area contributed by atoms with E-state index in [1.165, 1.54) is 0 Å². The SMILES string of the molecule is Nc1ccc(C(=O)/C=C/c2cccc3[nH]ccc23)cc1. The molecule has 0 aliphatic rings. The minimum Gasteiger partial charge on any atom is -0.399 e. The molecule has 0 saturated heterocycles. The Kier molecular flexibility index (Phi) is 3.09. The number of nitrogens with two attached hydrogens (primary N) is 1. The van der Waals surface area contributed by atoms with Gasteiger partial charge in [-0.2, -0.15) is 0 Å². The Hall–Kier alpha value is -2.81. The number of nitrogen functional groups attached to an aromatic ring is 1. The third-order valence-electron chi connectivity index (χ3n) is 3.24. The van der Waals surface area contributed by atoms with Crippen LogP contribution in [0.4, 0.5) is 5.69 Å². The molecule has 98 valence electrons. The lowest BCUT2D eigenvalue weighted by atomic mass is 10.1. The molecule has 1 heterocycles. The third kappa shape index (κ3) is 2.34. The Labute approximate surface area is 116 Å². The zero-order valence-electron chi connectivity index (χ0n) is 10.8. The van der Waals surface area contributed by atoms with Crippen LogP contribution < -0.4 is 5.73 Å². The Bertz CT molecular complexity index is 782. The molecule has 0 atom stereocenters. The van der Waals surface area contributed by atoms with Crippen molar-refractivity contribution in [2.24, 2.45) is 0 Å². The standard InChI is InChI=1S/C17H14N2O/c18-14-7-4-13(5-8-14)17(20)9-6-12-2-1-3-16-15(12)10-11-19-16/h1-11,19H,18H2/b9-6+. The molecular weight excluding hydrogens is 248 g/mol. The van der Waals surface area contributed by atoms with Gasteiger partial charge < -0.3 is 10.7 Å². The number of hydrogen-bond donors (Lipinski definition) is 2. The first-order valence-corrected chi connectivity index (χ1v) is 6.38. The van der Waals surface area contributed by atoms with Crippen LogP contribution in [0.15, 0.2) is 60.8 Å². The number of ketones is 1. The number of carbonyl (C=O) groups is 1. The van der Waals surface area contributed by atoms with Gasteiger partial charge in [0.05, 0.1) is 0 Å². The van der Waals surface area contributed by atoms with E-state index in [4.69, 9.17) is 5.73 Å². The zero-order valence-corrected chi connectivity index (χ0v) is 10.8. The van der Waals surface area contributed by atoms with E-state index >= 15 is 0 Å². The fraction of sp³-hybridized carbons (Fsp3) is 0. The van der Waals surface area contributed by atoms with Gasteiger partial charge in [0, 0.05) is 28.4 Å². The van der Waals surface area contributed by atoms with Crippen molar-refractivity contribution in [1.82, 2.24) is 4.98 Å². The third-order valence-corrected chi connectivity index (χ3v) is 3.24. The summed E-state index contributed by atoms with van der Waals surface area (Å²) in [5.74, 6) is -0.0301. The van der Waals surface area contributed by atoms with E-state index in [0.717, 1.165) is 16.5 Å². The molecule has 2 aromatic carbocycles. The van der Waals surface area contributed by atoms with Crippen LogP contribution in [-0.2, 0) is 0 Å². The molecule has 0 fully saturated rings. The quantitative estimate of drug-likeness (QED) is 0.430. The fourth-order valence-corrected chi connectivity index (χ4v) is 2.16. The number of aromatic amines is 1. The summed E-state index contributed by atoms with van der Waals surface area (Å²) in [6.07, 6.45) is 5.33. The van der Waals surface area contributed by atoms with Crippen LogP contribution in [0.1, 0.15) is 15.9 Å². The van der Waals surface area contributed by atoms with E-state index in [2.05, 4.69) is 4.98 Å². The number of H-pyrrole nitrogens is 1. The smallest absolute Gasteiger partial charge is 0.185 e. The van der Waals surface area contributed by atoms with Gasteiger partial charge in [-0.15, -0.1) is 0 Å². The molecule has 1 aromatic heterocycles. The second kappa shape index (κ2) is 5.05. The summed E-state index contributed by atoms with van der Waals surface area (Å²) in [4.78, 5) is 15.2. The predicted molar refractivity (Wildman–Crippen MR) is 82.5 cm³/mol. The molecule has 3 N–H and O–H groups in total. The van der Waals surface area contributed by atoms with Gasteiger partial charge in [0.2, 0.25) is 0 Å². The summed E-state index contributed by atoms with van der Waals surface area (Å²) in [5, 5.41) is 1.11. The molecule has 0 radical (unpaired) electrons. The summed E-state index contributed by atoms with van der Waals surface area (Å²) >= 11 is 0. The van der Waals surface area contributed by atoms with Crippen LogP contribution in [0, 0.1) is 0 Å². The van der Waals surface area contributed by atoms with Crippen LogP contribution >= 0.6 is 0 Å². The molecular formula is C17H14N2O. The monoisotopic (exact) mass is 262 g/mol. The summed E-state index contributed by atoms with van der Waals surface area (Å²) in [7, 11) is 0. The normalized spacial score (nSPS) is 11.2. The molecule has 0 amide bonds. The van der Waals surface area contributed by atoms with E-state index < -0.39 is 0 Å². The van der Waals surface area contributed by atoms with E-state index in [9.17, 15) is 4.79 Å². The zero-order chi connectivity index (χ0) is 13.9. The predicted octanol–water partition coefficient (Wildman–Crippen LogP) is 3.65. The first-order chi connectivity index (χ1) is 9.74. The molecule has 20 heavy (non-hydrogen) atoms. The number of allylic oxidation sites excluding steroid dienone is 1. The number of nitrogens with one attached hydrogen (secondary N) is 1. The van der Waals surface area contributed by atoms with E-state index in [1.54, 1.807) is 30.3 Å². The Morgan fingerprint density at radius 1 is 1.05 bits per heavy atom. The van der Waals surface area contributed by atoms with Gasteiger partial charge in [-0.1, -0.05) is 18.2 Å². The number of carbonyl (C=O) groups excluding carboxylic acids is 1. The van der Waals surface area contributed by atoms with E-state index in [-0.39, 0.29) is 5.78 Å². The first-order valence-electron chi connectivity index (χ1n) is 6.38. The molecule has 3 heteroatoms. The summed E-state index contributed by atoms with van der Waals surface area (Å²) in [6.45, 7) is 0. The molecule has 0 spiro atoms. The van der Waals surface area contributed by atoms with Crippen molar-refractivity contribution in [2.45, 2.75) is 0 Å². The number of rotatable bonds is 3. The van der Waals surface area contributed by atoms with Crippen molar-refractivity contribution in [1.29, 1.82) is 0 Å². The van der Waals surface area contributed by atoms with Crippen molar-refractivity contribution in [3.05, 3.63) is 71.9 Å². The second-order valence-electron chi connectivity index (χ2n) is 4.61. The molecule has 3 aromatic rings. The number of hydrogen-bond acceptors (Lipinski definition) is 2. The van der Waals surface area contributed by atoms with Crippen molar-refractivity contribution in [2.75, 3.05) is 5.73 Å². The fourth-order valence-electron chi connectivity index (χ4n) is 2.16.